The minimum atomic E-state index is -0.793. The molecule has 0 bridgehead atoms. The Hall–Kier alpha value is -2.54. The van der Waals surface area contributed by atoms with Crippen molar-refractivity contribution in [1.82, 2.24) is 9.88 Å². The van der Waals surface area contributed by atoms with Crippen LogP contribution in [0.5, 0.6) is 0 Å². The molecule has 1 saturated heterocycles. The Morgan fingerprint density at radius 1 is 1.08 bits per heavy atom. The fourth-order valence-corrected chi connectivity index (χ4v) is 2.59. The predicted octanol–water partition coefficient (Wildman–Crippen LogP) is 2.36. The highest BCUT2D eigenvalue weighted by Gasteiger charge is 2.15. The molecule has 0 unspecified atom stereocenters. The standard InChI is InChI=1S/C17H18F2N4O/c1-22-4-6-23(7-5-22)15-2-3-16(20-11-15)21-17(24)12-8-13(18)10-14(19)9-12/h2-3,8-11H,4-7H2,1H3,(H,20,21,24). The zero-order valence-corrected chi connectivity index (χ0v) is 13.3. The first-order valence-electron chi connectivity index (χ1n) is 7.68. The number of aromatic nitrogens is 1. The second-order valence-corrected chi connectivity index (χ2v) is 5.80. The number of hydrogen-bond acceptors (Lipinski definition) is 4. The van der Waals surface area contributed by atoms with Gasteiger partial charge in [0.1, 0.15) is 17.5 Å². The van der Waals surface area contributed by atoms with Crippen molar-refractivity contribution in [1.29, 1.82) is 0 Å². The summed E-state index contributed by atoms with van der Waals surface area (Å²) in [6.45, 7) is 3.83. The van der Waals surface area contributed by atoms with Gasteiger partial charge in [0.25, 0.3) is 5.91 Å². The van der Waals surface area contributed by atoms with Gasteiger partial charge >= 0.3 is 0 Å². The van der Waals surface area contributed by atoms with Crippen molar-refractivity contribution >= 4 is 17.4 Å². The van der Waals surface area contributed by atoms with E-state index in [1.807, 2.05) is 6.07 Å². The highest BCUT2D eigenvalue weighted by atomic mass is 19.1. The number of carbonyl (C=O) groups excluding carboxylic acids is 1. The number of pyridine rings is 1. The molecule has 0 spiro atoms. The minimum absolute atomic E-state index is 0.0857. The Bertz CT molecular complexity index is 708. The van der Waals surface area contributed by atoms with Crippen LogP contribution in [0, 0.1) is 11.6 Å². The highest BCUT2D eigenvalue weighted by molar-refractivity contribution is 6.03. The predicted molar refractivity (Wildman–Crippen MR) is 88.3 cm³/mol. The lowest BCUT2D eigenvalue weighted by molar-refractivity contribution is 0.102. The Morgan fingerprint density at radius 2 is 1.75 bits per heavy atom. The molecule has 24 heavy (non-hydrogen) atoms. The SMILES string of the molecule is CN1CCN(c2ccc(NC(=O)c3cc(F)cc(F)c3)nc2)CC1. The largest absolute Gasteiger partial charge is 0.368 e. The van der Waals surface area contributed by atoms with Gasteiger partial charge in [-0.15, -0.1) is 0 Å². The number of hydrogen-bond donors (Lipinski definition) is 1. The molecule has 0 atom stereocenters. The van der Waals surface area contributed by atoms with Gasteiger partial charge in [-0.05, 0) is 31.3 Å². The molecule has 2 heterocycles. The summed E-state index contributed by atoms with van der Waals surface area (Å²) in [5.41, 5.74) is 0.898. The first-order chi connectivity index (χ1) is 11.5. The smallest absolute Gasteiger partial charge is 0.257 e. The fourth-order valence-electron chi connectivity index (χ4n) is 2.59. The zero-order chi connectivity index (χ0) is 17.1. The Balaban J connectivity index is 1.66. The second-order valence-electron chi connectivity index (χ2n) is 5.80. The van der Waals surface area contributed by atoms with E-state index in [1.54, 1.807) is 12.3 Å². The van der Waals surface area contributed by atoms with Crippen molar-refractivity contribution in [2.24, 2.45) is 0 Å². The van der Waals surface area contributed by atoms with Gasteiger partial charge in [-0.1, -0.05) is 0 Å². The van der Waals surface area contributed by atoms with Crippen LogP contribution in [-0.4, -0.2) is 49.0 Å². The third-order valence-electron chi connectivity index (χ3n) is 3.98. The molecule has 1 fully saturated rings. The summed E-state index contributed by atoms with van der Waals surface area (Å²) in [5, 5.41) is 2.54. The lowest BCUT2D eigenvalue weighted by Crippen LogP contribution is -2.44. The summed E-state index contributed by atoms with van der Waals surface area (Å²) >= 11 is 0. The van der Waals surface area contributed by atoms with Crippen LogP contribution in [0.4, 0.5) is 20.3 Å². The molecule has 2 aromatic rings. The van der Waals surface area contributed by atoms with E-state index in [2.05, 4.69) is 27.1 Å². The van der Waals surface area contributed by atoms with E-state index >= 15 is 0 Å². The van der Waals surface area contributed by atoms with Crippen LogP contribution >= 0.6 is 0 Å². The van der Waals surface area contributed by atoms with Crippen LogP contribution in [0.15, 0.2) is 36.5 Å². The maximum Gasteiger partial charge on any atom is 0.257 e. The van der Waals surface area contributed by atoms with Gasteiger partial charge in [-0.3, -0.25) is 4.79 Å². The van der Waals surface area contributed by atoms with E-state index in [0.717, 1.165) is 50.1 Å². The number of carbonyl (C=O) groups is 1. The van der Waals surface area contributed by atoms with Gasteiger partial charge in [0, 0.05) is 37.8 Å². The number of anilines is 2. The molecule has 1 aromatic heterocycles. The lowest BCUT2D eigenvalue weighted by Gasteiger charge is -2.33. The average molecular weight is 332 g/mol. The molecule has 1 aromatic carbocycles. The first kappa shape index (κ1) is 16.3. The number of piperazine rings is 1. The number of benzene rings is 1. The molecule has 1 aliphatic heterocycles. The molecule has 7 heteroatoms. The van der Waals surface area contributed by atoms with Gasteiger partial charge in [0.15, 0.2) is 0 Å². The third-order valence-corrected chi connectivity index (χ3v) is 3.98. The monoisotopic (exact) mass is 332 g/mol. The van der Waals surface area contributed by atoms with E-state index in [1.165, 1.54) is 0 Å². The van der Waals surface area contributed by atoms with E-state index in [-0.39, 0.29) is 5.56 Å². The van der Waals surface area contributed by atoms with E-state index in [4.69, 9.17) is 0 Å². The van der Waals surface area contributed by atoms with Crippen LogP contribution in [0.25, 0.3) is 0 Å². The summed E-state index contributed by atoms with van der Waals surface area (Å²) in [4.78, 5) is 20.7. The average Bonchev–Trinajstić information content (AvgIpc) is 2.55. The fraction of sp³-hybridized carbons (Fsp3) is 0.294. The summed E-state index contributed by atoms with van der Waals surface area (Å²) < 4.78 is 26.3. The van der Waals surface area contributed by atoms with Gasteiger partial charge in [-0.25, -0.2) is 13.8 Å². The molecule has 0 aliphatic carbocycles. The third kappa shape index (κ3) is 3.86. The van der Waals surface area contributed by atoms with Gasteiger partial charge in [0.2, 0.25) is 0 Å². The van der Waals surface area contributed by atoms with Gasteiger partial charge < -0.3 is 15.1 Å². The van der Waals surface area contributed by atoms with Crippen LogP contribution in [-0.2, 0) is 0 Å². The van der Waals surface area contributed by atoms with E-state index in [9.17, 15) is 13.6 Å². The molecule has 0 radical (unpaired) electrons. The molecular weight excluding hydrogens is 314 g/mol. The Morgan fingerprint density at radius 3 is 2.33 bits per heavy atom. The molecule has 126 valence electrons. The minimum Gasteiger partial charge on any atom is -0.368 e. The van der Waals surface area contributed by atoms with Crippen molar-refractivity contribution in [3.05, 3.63) is 53.7 Å². The molecule has 1 amide bonds. The second kappa shape index (κ2) is 6.92. The first-order valence-corrected chi connectivity index (χ1v) is 7.68. The van der Waals surface area contributed by atoms with Crippen LogP contribution in [0.3, 0.4) is 0 Å². The van der Waals surface area contributed by atoms with Crippen molar-refractivity contribution in [3.8, 4) is 0 Å². The Kier molecular flexibility index (Phi) is 4.71. The zero-order valence-electron chi connectivity index (χ0n) is 13.3. The summed E-state index contributed by atoms with van der Waals surface area (Å²) in [6.07, 6.45) is 1.69. The number of likely N-dealkylation sites (N-methyl/N-ethyl adjacent to an activating group) is 1. The number of amides is 1. The van der Waals surface area contributed by atoms with Crippen LogP contribution in [0.2, 0.25) is 0 Å². The summed E-state index contributed by atoms with van der Waals surface area (Å²) in [5.74, 6) is -1.85. The number of nitrogens with one attached hydrogen (secondary N) is 1. The molecular formula is C17H18F2N4O. The van der Waals surface area contributed by atoms with Crippen molar-refractivity contribution in [2.45, 2.75) is 0 Å². The van der Waals surface area contributed by atoms with Crippen molar-refractivity contribution in [3.63, 3.8) is 0 Å². The molecule has 1 aliphatic rings. The maximum absolute atomic E-state index is 13.2. The van der Waals surface area contributed by atoms with Gasteiger partial charge in [0.05, 0.1) is 11.9 Å². The number of halogens is 2. The highest BCUT2D eigenvalue weighted by Crippen LogP contribution is 2.17. The van der Waals surface area contributed by atoms with Crippen molar-refractivity contribution < 1.29 is 13.6 Å². The van der Waals surface area contributed by atoms with Crippen LogP contribution in [0.1, 0.15) is 10.4 Å². The van der Waals surface area contributed by atoms with Crippen LogP contribution < -0.4 is 10.2 Å². The summed E-state index contributed by atoms with van der Waals surface area (Å²) in [7, 11) is 2.09. The molecule has 5 nitrogen and oxygen atoms in total. The number of rotatable bonds is 3. The van der Waals surface area contributed by atoms with E-state index < -0.39 is 17.5 Å². The van der Waals surface area contributed by atoms with Crippen molar-refractivity contribution in [2.75, 3.05) is 43.4 Å². The normalized spacial score (nSPS) is 15.4. The topological polar surface area (TPSA) is 48.5 Å². The number of nitrogens with zero attached hydrogens (tertiary/aromatic N) is 3. The molecule has 1 N–H and O–H groups in total. The Labute approximate surface area is 138 Å². The molecule has 0 saturated carbocycles. The molecule has 3 rings (SSSR count). The van der Waals surface area contributed by atoms with Gasteiger partial charge in [-0.2, -0.15) is 0 Å². The maximum atomic E-state index is 13.2. The lowest BCUT2D eigenvalue weighted by atomic mass is 10.2. The quantitative estimate of drug-likeness (QED) is 0.937. The van der Waals surface area contributed by atoms with E-state index in [0.29, 0.717) is 5.82 Å². The summed E-state index contributed by atoms with van der Waals surface area (Å²) in [6, 6.07) is 6.25.